The monoisotopic (exact) mass is 463 g/mol. The van der Waals surface area contributed by atoms with E-state index in [1.165, 1.54) is 12.1 Å². The van der Waals surface area contributed by atoms with Crippen LogP contribution in [0.15, 0.2) is 63.7 Å². The van der Waals surface area contributed by atoms with Crippen molar-refractivity contribution in [3.8, 4) is 5.75 Å². The summed E-state index contributed by atoms with van der Waals surface area (Å²) < 4.78 is 53.2. The van der Waals surface area contributed by atoms with Crippen LogP contribution >= 0.6 is 0 Å². The van der Waals surface area contributed by atoms with Crippen LogP contribution in [0.4, 0.5) is 10.4 Å². The number of oxazole rings is 1. The second kappa shape index (κ2) is 10.1. The van der Waals surface area contributed by atoms with Crippen LogP contribution in [-0.4, -0.2) is 44.2 Å². The molecule has 0 unspecified atom stereocenters. The van der Waals surface area contributed by atoms with Gasteiger partial charge >= 0.3 is 0 Å². The Balaban J connectivity index is 0.000000222. The molecule has 0 amide bonds. The molecule has 0 radical (unpaired) electrons. The summed E-state index contributed by atoms with van der Waals surface area (Å²) in [7, 11) is -4.02. The minimum absolute atomic E-state index is 0.0666. The van der Waals surface area contributed by atoms with Crippen LogP contribution in [0.25, 0.3) is 11.1 Å². The molecule has 32 heavy (non-hydrogen) atoms. The summed E-state index contributed by atoms with van der Waals surface area (Å²) in [5.41, 5.74) is 8.20. The van der Waals surface area contributed by atoms with Gasteiger partial charge in [0, 0.05) is 31.3 Å². The first kappa shape index (κ1) is 23.7. The van der Waals surface area contributed by atoms with Crippen molar-refractivity contribution in [1.82, 2.24) is 4.98 Å². The smallest absolute Gasteiger partial charge is 0.298 e. The number of hydrogen-bond acceptors (Lipinski definition) is 7. The average molecular weight is 464 g/mol. The maximum atomic E-state index is 12.4. The molecular weight excluding hydrogens is 437 g/mol. The molecule has 0 saturated carbocycles. The molecule has 4 rings (SSSR count). The van der Waals surface area contributed by atoms with E-state index in [4.69, 9.17) is 19.4 Å². The molecule has 0 bridgehead atoms. The van der Waals surface area contributed by atoms with Crippen LogP contribution in [0.5, 0.6) is 5.75 Å². The third-order valence-electron chi connectivity index (χ3n) is 4.84. The van der Waals surface area contributed by atoms with E-state index >= 15 is 0 Å². The molecule has 1 aliphatic rings. The van der Waals surface area contributed by atoms with Crippen molar-refractivity contribution in [2.45, 2.75) is 18.7 Å². The Bertz CT molecular complexity index is 1190. The van der Waals surface area contributed by atoms with E-state index in [-0.39, 0.29) is 18.0 Å². The Kier molecular flexibility index (Phi) is 7.49. The standard InChI is InChI=1S/C15H18FN3O2.C7H8O3S/c1-10-7-19(8-10)15-18-13-3-2-12(4-14(13)21-15)20-9-11(5-16)6-17;1-6-2-4-7(5-3-6)11(8,9)10/h2-5,10H,6-9,17H2,1H3;2-5H,1H3,(H,8,9,10)/b11-5+;. The van der Waals surface area contributed by atoms with E-state index in [0.717, 1.165) is 24.2 Å². The molecule has 172 valence electrons. The fourth-order valence-corrected chi connectivity index (χ4v) is 3.47. The molecule has 1 aromatic heterocycles. The summed E-state index contributed by atoms with van der Waals surface area (Å²) in [6, 6.07) is 12.0. The van der Waals surface area contributed by atoms with E-state index in [1.54, 1.807) is 24.3 Å². The fourth-order valence-electron chi connectivity index (χ4n) is 2.99. The molecule has 2 aromatic carbocycles. The summed E-state index contributed by atoms with van der Waals surface area (Å²) in [6.07, 6.45) is 0.482. The maximum Gasteiger partial charge on any atom is 0.298 e. The normalized spacial score (nSPS) is 14.7. The molecule has 0 aliphatic carbocycles. The van der Waals surface area contributed by atoms with Crippen molar-refractivity contribution in [2.75, 3.05) is 31.1 Å². The summed E-state index contributed by atoms with van der Waals surface area (Å²) >= 11 is 0. The number of aromatic nitrogens is 1. The molecular formula is C22H26FN3O5S. The molecule has 3 N–H and O–H groups in total. The third kappa shape index (κ3) is 6.06. The van der Waals surface area contributed by atoms with Gasteiger partial charge in [-0.15, -0.1) is 0 Å². The second-order valence-corrected chi connectivity index (χ2v) is 9.11. The summed E-state index contributed by atoms with van der Waals surface area (Å²) in [5, 5.41) is 0. The minimum atomic E-state index is -4.02. The van der Waals surface area contributed by atoms with Gasteiger partial charge in [0.25, 0.3) is 16.1 Å². The molecule has 8 nitrogen and oxygen atoms in total. The Morgan fingerprint density at radius 2 is 2.00 bits per heavy atom. The zero-order valence-electron chi connectivity index (χ0n) is 17.9. The predicted octanol–water partition coefficient (Wildman–Crippen LogP) is 3.72. The highest BCUT2D eigenvalue weighted by molar-refractivity contribution is 7.85. The predicted molar refractivity (Wildman–Crippen MR) is 120 cm³/mol. The van der Waals surface area contributed by atoms with Gasteiger partial charge in [-0.05, 0) is 37.1 Å². The molecule has 1 saturated heterocycles. The van der Waals surface area contributed by atoms with Crippen LogP contribution in [0.3, 0.4) is 0 Å². The van der Waals surface area contributed by atoms with E-state index in [0.29, 0.717) is 35.2 Å². The largest absolute Gasteiger partial charge is 0.489 e. The lowest BCUT2D eigenvalue weighted by atomic mass is 10.0. The Morgan fingerprint density at radius 3 is 2.56 bits per heavy atom. The Labute approximate surface area is 186 Å². The van der Waals surface area contributed by atoms with Crippen LogP contribution in [0, 0.1) is 12.8 Å². The lowest BCUT2D eigenvalue weighted by Crippen LogP contribution is -2.45. The van der Waals surface area contributed by atoms with Gasteiger partial charge in [-0.3, -0.25) is 4.55 Å². The molecule has 2 heterocycles. The number of hydrogen-bond donors (Lipinski definition) is 2. The SMILES string of the molecule is CC1CN(c2nc3ccc(OC/C(=C/F)CN)cc3o2)C1.Cc1ccc(S(=O)(=O)O)cc1. The van der Waals surface area contributed by atoms with E-state index in [2.05, 4.69) is 16.8 Å². The first-order valence-electron chi connectivity index (χ1n) is 10.00. The first-order chi connectivity index (χ1) is 15.2. The number of anilines is 1. The summed E-state index contributed by atoms with van der Waals surface area (Å²) in [4.78, 5) is 6.48. The zero-order valence-corrected chi connectivity index (χ0v) is 18.7. The minimum Gasteiger partial charge on any atom is -0.489 e. The zero-order chi connectivity index (χ0) is 23.3. The van der Waals surface area contributed by atoms with Crippen molar-refractivity contribution in [3.63, 3.8) is 0 Å². The van der Waals surface area contributed by atoms with Gasteiger partial charge < -0.3 is 19.8 Å². The van der Waals surface area contributed by atoms with Crippen molar-refractivity contribution in [1.29, 1.82) is 0 Å². The number of aryl methyl sites for hydroxylation is 1. The van der Waals surface area contributed by atoms with Gasteiger partial charge in [-0.1, -0.05) is 24.6 Å². The van der Waals surface area contributed by atoms with Crippen LogP contribution in [0.1, 0.15) is 12.5 Å². The highest BCUT2D eigenvalue weighted by atomic mass is 32.2. The average Bonchev–Trinajstić information content (AvgIpc) is 3.15. The summed E-state index contributed by atoms with van der Waals surface area (Å²) in [6.45, 7) is 6.24. The van der Waals surface area contributed by atoms with Gasteiger partial charge in [-0.2, -0.15) is 13.4 Å². The van der Waals surface area contributed by atoms with E-state index < -0.39 is 10.1 Å². The van der Waals surface area contributed by atoms with Crippen molar-refractivity contribution in [2.24, 2.45) is 11.7 Å². The lowest BCUT2D eigenvalue weighted by molar-refractivity contribution is 0.347. The Morgan fingerprint density at radius 1 is 1.31 bits per heavy atom. The molecule has 0 spiro atoms. The van der Waals surface area contributed by atoms with Crippen LogP contribution < -0.4 is 15.4 Å². The highest BCUT2D eigenvalue weighted by Crippen LogP contribution is 2.29. The quantitative estimate of drug-likeness (QED) is 0.531. The van der Waals surface area contributed by atoms with Gasteiger partial charge in [-0.25, -0.2) is 4.39 Å². The lowest BCUT2D eigenvalue weighted by Gasteiger charge is -2.35. The Hall–Kier alpha value is -2.95. The van der Waals surface area contributed by atoms with Gasteiger partial charge in [0.15, 0.2) is 5.58 Å². The number of nitrogens with two attached hydrogens (primary N) is 1. The third-order valence-corrected chi connectivity index (χ3v) is 5.71. The number of fused-ring (bicyclic) bond motifs is 1. The van der Waals surface area contributed by atoms with E-state index in [9.17, 15) is 12.8 Å². The number of benzene rings is 2. The molecule has 10 heteroatoms. The molecule has 3 aromatic rings. The molecule has 1 fully saturated rings. The number of nitrogens with zero attached hydrogens (tertiary/aromatic N) is 2. The maximum absolute atomic E-state index is 12.4. The second-order valence-electron chi connectivity index (χ2n) is 7.68. The number of halogens is 1. The van der Waals surface area contributed by atoms with Crippen LogP contribution in [-0.2, 0) is 10.1 Å². The fraction of sp³-hybridized carbons (Fsp3) is 0.318. The van der Waals surface area contributed by atoms with Gasteiger partial charge in [0.2, 0.25) is 0 Å². The van der Waals surface area contributed by atoms with Crippen LogP contribution in [0.2, 0.25) is 0 Å². The molecule has 0 atom stereocenters. The highest BCUT2D eigenvalue weighted by Gasteiger charge is 2.26. The van der Waals surface area contributed by atoms with E-state index in [1.807, 2.05) is 13.0 Å². The molecule has 1 aliphatic heterocycles. The first-order valence-corrected chi connectivity index (χ1v) is 11.4. The van der Waals surface area contributed by atoms with Crippen molar-refractivity contribution < 1.29 is 26.5 Å². The van der Waals surface area contributed by atoms with Gasteiger partial charge in [0.1, 0.15) is 17.9 Å². The number of rotatable bonds is 6. The summed E-state index contributed by atoms with van der Waals surface area (Å²) in [5.74, 6) is 1.29. The topological polar surface area (TPSA) is 119 Å². The van der Waals surface area contributed by atoms with Crippen molar-refractivity contribution >= 4 is 27.2 Å². The van der Waals surface area contributed by atoms with Gasteiger partial charge in [0.05, 0.1) is 11.2 Å². The van der Waals surface area contributed by atoms with Crippen molar-refractivity contribution in [3.05, 3.63) is 59.9 Å². The number of ether oxygens (including phenoxy) is 1.